The first-order valence-electron chi connectivity index (χ1n) is 6.40. The Morgan fingerprint density at radius 1 is 1.38 bits per heavy atom. The molecule has 108 valence electrons. The predicted molar refractivity (Wildman–Crippen MR) is 85.3 cm³/mol. The Bertz CT molecular complexity index is 657. The van der Waals surface area contributed by atoms with Gasteiger partial charge in [-0.3, -0.25) is 9.59 Å². The summed E-state index contributed by atoms with van der Waals surface area (Å²) < 4.78 is 0.955. The summed E-state index contributed by atoms with van der Waals surface area (Å²) in [6.07, 6.45) is 1.86. The van der Waals surface area contributed by atoms with E-state index >= 15 is 0 Å². The molecule has 5 nitrogen and oxygen atoms in total. The van der Waals surface area contributed by atoms with Gasteiger partial charge in [0.05, 0.1) is 5.92 Å². The lowest BCUT2D eigenvalue weighted by atomic mass is 10.1. The van der Waals surface area contributed by atoms with Gasteiger partial charge in [0.1, 0.15) is 0 Å². The van der Waals surface area contributed by atoms with E-state index in [9.17, 15) is 9.59 Å². The normalized spacial score (nSPS) is 18.0. The van der Waals surface area contributed by atoms with Gasteiger partial charge in [0.15, 0.2) is 5.13 Å². The van der Waals surface area contributed by atoms with Gasteiger partial charge in [0.25, 0.3) is 0 Å². The lowest BCUT2D eigenvalue weighted by Crippen LogP contribution is -2.28. The van der Waals surface area contributed by atoms with E-state index in [1.54, 1.807) is 16.5 Å². The van der Waals surface area contributed by atoms with E-state index in [-0.39, 0.29) is 24.2 Å². The number of nitrogens with zero attached hydrogens (tertiary/aromatic N) is 2. The van der Waals surface area contributed by atoms with Crippen molar-refractivity contribution in [1.29, 1.82) is 0 Å². The van der Waals surface area contributed by atoms with Crippen LogP contribution in [0.4, 0.5) is 10.8 Å². The molecule has 0 bridgehead atoms. The highest BCUT2D eigenvalue weighted by molar-refractivity contribution is 9.10. The van der Waals surface area contributed by atoms with Crippen molar-refractivity contribution in [2.75, 3.05) is 16.8 Å². The molecular weight excluding hydrogens is 354 g/mol. The van der Waals surface area contributed by atoms with Crippen LogP contribution in [-0.4, -0.2) is 23.3 Å². The lowest BCUT2D eigenvalue weighted by Gasteiger charge is -2.16. The van der Waals surface area contributed by atoms with Crippen LogP contribution in [0.2, 0.25) is 0 Å². The number of carbonyl (C=O) groups is 2. The van der Waals surface area contributed by atoms with Gasteiger partial charge < -0.3 is 10.2 Å². The third-order valence-electron chi connectivity index (χ3n) is 3.30. The van der Waals surface area contributed by atoms with Crippen molar-refractivity contribution in [2.24, 2.45) is 5.92 Å². The van der Waals surface area contributed by atoms with E-state index < -0.39 is 0 Å². The molecule has 1 fully saturated rings. The Morgan fingerprint density at radius 3 is 2.81 bits per heavy atom. The van der Waals surface area contributed by atoms with Crippen LogP contribution in [0, 0.1) is 5.92 Å². The molecular formula is C14H12BrN3O2S. The van der Waals surface area contributed by atoms with Crippen molar-refractivity contribution < 1.29 is 9.59 Å². The summed E-state index contributed by atoms with van der Waals surface area (Å²) in [6.45, 7) is 0.400. The van der Waals surface area contributed by atoms with Crippen LogP contribution in [0.1, 0.15) is 6.42 Å². The average Bonchev–Trinajstić information content (AvgIpc) is 3.09. The molecule has 1 aliphatic heterocycles. The van der Waals surface area contributed by atoms with Gasteiger partial charge in [-0.15, -0.1) is 11.3 Å². The minimum atomic E-state index is -0.343. The topological polar surface area (TPSA) is 62.3 Å². The fourth-order valence-corrected chi connectivity index (χ4v) is 3.04. The minimum absolute atomic E-state index is 0.0309. The first-order valence-corrected chi connectivity index (χ1v) is 8.07. The molecule has 1 aliphatic rings. The second-order valence-electron chi connectivity index (χ2n) is 4.71. The zero-order chi connectivity index (χ0) is 14.8. The van der Waals surface area contributed by atoms with Gasteiger partial charge in [0, 0.05) is 34.7 Å². The Hall–Kier alpha value is -1.73. The highest BCUT2D eigenvalue weighted by atomic mass is 79.9. The molecule has 1 N–H and O–H groups in total. The summed E-state index contributed by atoms with van der Waals surface area (Å²) in [5.74, 6) is -0.528. The van der Waals surface area contributed by atoms with Crippen molar-refractivity contribution in [2.45, 2.75) is 6.42 Å². The standard InChI is InChI=1S/C14H12BrN3O2S/c15-10-1-3-11(4-2-10)18-8-9(7-12(18)19)13(20)17-14-16-5-6-21-14/h1-6,9H,7-8H2,(H,16,17,20). The van der Waals surface area contributed by atoms with E-state index in [0.29, 0.717) is 11.7 Å². The largest absolute Gasteiger partial charge is 0.312 e. The second-order valence-corrected chi connectivity index (χ2v) is 6.52. The van der Waals surface area contributed by atoms with Crippen LogP contribution < -0.4 is 10.2 Å². The highest BCUT2D eigenvalue weighted by Crippen LogP contribution is 2.27. The SMILES string of the molecule is O=C(Nc1nccs1)C1CC(=O)N(c2ccc(Br)cc2)C1. The number of rotatable bonds is 3. The smallest absolute Gasteiger partial charge is 0.231 e. The first-order chi connectivity index (χ1) is 10.1. The number of amides is 2. The molecule has 3 rings (SSSR count). The number of aromatic nitrogens is 1. The molecule has 7 heteroatoms. The van der Waals surface area contributed by atoms with Crippen LogP contribution in [0.3, 0.4) is 0 Å². The monoisotopic (exact) mass is 365 g/mol. The number of benzene rings is 1. The fourth-order valence-electron chi connectivity index (χ4n) is 2.25. The average molecular weight is 366 g/mol. The Labute approximate surface area is 134 Å². The molecule has 0 spiro atoms. The predicted octanol–water partition coefficient (Wildman–Crippen LogP) is 2.90. The number of thiazole rings is 1. The quantitative estimate of drug-likeness (QED) is 0.909. The Balaban J connectivity index is 1.69. The maximum absolute atomic E-state index is 12.2. The van der Waals surface area contributed by atoms with Crippen LogP contribution in [0.25, 0.3) is 0 Å². The summed E-state index contributed by atoms with van der Waals surface area (Å²) in [5.41, 5.74) is 0.813. The summed E-state index contributed by atoms with van der Waals surface area (Å²) in [4.78, 5) is 29.9. The molecule has 1 saturated heterocycles. The van der Waals surface area contributed by atoms with Crippen molar-refractivity contribution >= 4 is 49.9 Å². The van der Waals surface area contributed by atoms with Gasteiger partial charge in [-0.25, -0.2) is 4.98 Å². The summed E-state index contributed by atoms with van der Waals surface area (Å²) in [6, 6.07) is 7.49. The lowest BCUT2D eigenvalue weighted by molar-refractivity contribution is -0.122. The van der Waals surface area contributed by atoms with Crippen molar-refractivity contribution in [3.05, 3.63) is 40.3 Å². The van der Waals surface area contributed by atoms with E-state index in [1.165, 1.54) is 11.3 Å². The van der Waals surface area contributed by atoms with Crippen molar-refractivity contribution in [1.82, 2.24) is 4.98 Å². The molecule has 0 saturated carbocycles. The molecule has 1 aromatic heterocycles. The van der Waals surface area contributed by atoms with Crippen LogP contribution in [0.15, 0.2) is 40.3 Å². The number of halogens is 1. The Morgan fingerprint density at radius 2 is 2.14 bits per heavy atom. The molecule has 2 amide bonds. The third-order valence-corrected chi connectivity index (χ3v) is 4.51. The number of nitrogens with one attached hydrogen (secondary N) is 1. The summed E-state index contributed by atoms with van der Waals surface area (Å²) >= 11 is 4.73. The molecule has 0 aliphatic carbocycles. The van der Waals surface area contributed by atoms with Crippen molar-refractivity contribution in [3.8, 4) is 0 Å². The summed E-state index contributed by atoms with van der Waals surface area (Å²) in [7, 11) is 0. The highest BCUT2D eigenvalue weighted by Gasteiger charge is 2.35. The molecule has 1 aromatic carbocycles. The third kappa shape index (κ3) is 3.14. The van der Waals surface area contributed by atoms with E-state index in [4.69, 9.17) is 0 Å². The van der Waals surface area contributed by atoms with Gasteiger partial charge in [-0.1, -0.05) is 15.9 Å². The van der Waals surface area contributed by atoms with Crippen LogP contribution in [-0.2, 0) is 9.59 Å². The minimum Gasteiger partial charge on any atom is -0.312 e. The maximum Gasteiger partial charge on any atom is 0.231 e. The maximum atomic E-state index is 12.2. The number of anilines is 2. The zero-order valence-electron chi connectivity index (χ0n) is 11.0. The van der Waals surface area contributed by atoms with Gasteiger partial charge >= 0.3 is 0 Å². The molecule has 1 atom stereocenters. The summed E-state index contributed by atoms with van der Waals surface area (Å²) in [5, 5.41) is 5.11. The molecule has 2 heterocycles. The van der Waals surface area contributed by atoms with E-state index in [1.807, 2.05) is 24.3 Å². The molecule has 1 unspecified atom stereocenters. The number of hydrogen-bond donors (Lipinski definition) is 1. The fraction of sp³-hybridized carbons (Fsp3) is 0.214. The number of carbonyl (C=O) groups excluding carboxylic acids is 2. The molecule has 21 heavy (non-hydrogen) atoms. The zero-order valence-corrected chi connectivity index (χ0v) is 13.4. The van der Waals surface area contributed by atoms with Crippen molar-refractivity contribution in [3.63, 3.8) is 0 Å². The van der Waals surface area contributed by atoms with Crippen LogP contribution >= 0.6 is 27.3 Å². The van der Waals surface area contributed by atoms with E-state index in [0.717, 1.165) is 10.2 Å². The van der Waals surface area contributed by atoms with Crippen LogP contribution in [0.5, 0.6) is 0 Å². The number of hydrogen-bond acceptors (Lipinski definition) is 4. The molecule has 0 radical (unpaired) electrons. The van der Waals surface area contributed by atoms with Gasteiger partial charge in [-0.2, -0.15) is 0 Å². The molecule has 2 aromatic rings. The Kier molecular flexibility index (Phi) is 4.03. The second kappa shape index (κ2) is 5.95. The first kappa shape index (κ1) is 14.2. The van der Waals surface area contributed by atoms with Gasteiger partial charge in [-0.05, 0) is 24.3 Å². The van der Waals surface area contributed by atoms with E-state index in [2.05, 4.69) is 26.2 Å². The van der Waals surface area contributed by atoms with Gasteiger partial charge in [0.2, 0.25) is 11.8 Å².